The topological polar surface area (TPSA) is 156 Å². The third kappa shape index (κ3) is 2.63. The molecular formula is C8H4IN3O8. The van der Waals surface area contributed by atoms with Crippen LogP contribution in [0.4, 0.5) is 17.1 Å². The fourth-order valence-electron chi connectivity index (χ4n) is 1.37. The van der Waals surface area contributed by atoms with E-state index in [0.29, 0.717) is 6.07 Å². The highest BCUT2D eigenvalue weighted by molar-refractivity contribution is 14.1. The average molecular weight is 397 g/mol. The van der Waals surface area contributed by atoms with Crippen molar-refractivity contribution in [1.29, 1.82) is 0 Å². The molecule has 0 spiro atoms. The molecule has 0 aliphatic carbocycles. The number of carbonyl (C=O) groups is 1. The molecule has 1 aromatic carbocycles. The molecule has 0 N–H and O–H groups in total. The molecular weight excluding hydrogens is 393 g/mol. The minimum Gasteiger partial charge on any atom is -0.465 e. The zero-order chi connectivity index (χ0) is 15.6. The average Bonchev–Trinajstić information content (AvgIpc) is 2.35. The van der Waals surface area contributed by atoms with Crippen LogP contribution in [-0.4, -0.2) is 27.8 Å². The van der Waals surface area contributed by atoms with Gasteiger partial charge in [0.05, 0.1) is 21.9 Å². The second-order valence-corrected chi connectivity index (χ2v) is 4.30. The van der Waals surface area contributed by atoms with E-state index < -0.39 is 46.9 Å². The van der Waals surface area contributed by atoms with Crippen molar-refractivity contribution in [2.45, 2.75) is 0 Å². The molecule has 0 saturated carbocycles. The summed E-state index contributed by atoms with van der Waals surface area (Å²) in [7, 11) is 0.891. The number of nitro groups is 3. The number of esters is 1. The summed E-state index contributed by atoms with van der Waals surface area (Å²) in [5.41, 5.74) is -3.90. The van der Waals surface area contributed by atoms with Crippen LogP contribution in [0.1, 0.15) is 10.4 Å². The lowest BCUT2D eigenvalue weighted by Gasteiger charge is -2.04. The molecule has 0 fully saturated rings. The van der Waals surface area contributed by atoms with Crippen LogP contribution in [0.2, 0.25) is 0 Å². The third-order valence-corrected chi connectivity index (χ3v) is 3.22. The number of nitrogens with zero attached hydrogens (tertiary/aromatic N) is 3. The van der Waals surface area contributed by atoms with Gasteiger partial charge in [-0.2, -0.15) is 0 Å². The normalized spacial score (nSPS) is 9.90. The fraction of sp³-hybridized carbons (Fsp3) is 0.125. The van der Waals surface area contributed by atoms with E-state index in [1.54, 1.807) is 0 Å². The predicted octanol–water partition coefficient (Wildman–Crippen LogP) is 1.80. The monoisotopic (exact) mass is 397 g/mol. The Bertz CT molecular complexity index is 643. The minimum atomic E-state index is -1.28. The molecule has 0 amide bonds. The summed E-state index contributed by atoms with van der Waals surface area (Å²) < 4.78 is 3.70. The fourth-order valence-corrected chi connectivity index (χ4v) is 2.18. The van der Waals surface area contributed by atoms with Gasteiger partial charge in [-0.05, 0) is 22.6 Å². The quantitative estimate of drug-likeness (QED) is 0.322. The number of carbonyl (C=O) groups excluding carboxylic acids is 1. The predicted molar refractivity (Wildman–Crippen MR) is 70.5 cm³/mol. The molecule has 106 valence electrons. The van der Waals surface area contributed by atoms with Gasteiger partial charge in [-0.3, -0.25) is 30.3 Å². The number of rotatable bonds is 4. The van der Waals surface area contributed by atoms with Crippen LogP contribution in [0.25, 0.3) is 0 Å². The van der Waals surface area contributed by atoms with E-state index >= 15 is 0 Å². The third-order valence-electron chi connectivity index (χ3n) is 2.16. The lowest BCUT2D eigenvalue weighted by Crippen LogP contribution is -2.11. The number of benzene rings is 1. The Morgan fingerprint density at radius 2 is 1.60 bits per heavy atom. The van der Waals surface area contributed by atoms with Crippen LogP contribution in [0, 0.1) is 33.9 Å². The van der Waals surface area contributed by atoms with E-state index in [1.165, 1.54) is 22.6 Å². The van der Waals surface area contributed by atoms with Crippen LogP contribution < -0.4 is 0 Å². The maximum Gasteiger partial charge on any atom is 0.367 e. The molecule has 1 rings (SSSR count). The first-order valence-corrected chi connectivity index (χ1v) is 5.68. The zero-order valence-electron chi connectivity index (χ0n) is 9.56. The number of methoxy groups -OCH3 is 1. The van der Waals surface area contributed by atoms with Gasteiger partial charge >= 0.3 is 17.3 Å². The maximum atomic E-state index is 11.4. The Labute approximate surface area is 123 Å². The minimum absolute atomic E-state index is 0.544. The molecule has 1 aromatic rings. The molecule has 20 heavy (non-hydrogen) atoms. The Balaban J connectivity index is 3.92. The molecule has 0 radical (unpaired) electrons. The molecule has 0 aromatic heterocycles. The first kappa shape index (κ1) is 15.7. The van der Waals surface area contributed by atoms with E-state index in [9.17, 15) is 35.1 Å². The number of halogens is 1. The first-order valence-electron chi connectivity index (χ1n) is 4.60. The largest absolute Gasteiger partial charge is 0.465 e. The van der Waals surface area contributed by atoms with Crippen molar-refractivity contribution in [1.82, 2.24) is 0 Å². The number of nitro benzene ring substituents is 3. The van der Waals surface area contributed by atoms with Crippen LogP contribution in [0.5, 0.6) is 0 Å². The van der Waals surface area contributed by atoms with E-state index in [4.69, 9.17) is 0 Å². The lowest BCUT2D eigenvalue weighted by atomic mass is 10.1. The number of hydrogen-bond donors (Lipinski definition) is 0. The van der Waals surface area contributed by atoms with Crippen molar-refractivity contribution >= 4 is 45.6 Å². The molecule has 0 heterocycles. The highest BCUT2D eigenvalue weighted by Gasteiger charge is 2.40. The number of hydrogen-bond acceptors (Lipinski definition) is 8. The van der Waals surface area contributed by atoms with Crippen LogP contribution in [0.3, 0.4) is 0 Å². The molecule has 0 unspecified atom stereocenters. The van der Waals surface area contributed by atoms with Gasteiger partial charge in [0.15, 0.2) is 9.13 Å². The van der Waals surface area contributed by atoms with E-state index in [0.717, 1.165) is 7.11 Å². The van der Waals surface area contributed by atoms with Gasteiger partial charge in [0.1, 0.15) is 0 Å². The summed E-state index contributed by atoms with van der Waals surface area (Å²) in [5, 5.41) is 32.6. The van der Waals surface area contributed by atoms with Crippen LogP contribution in [-0.2, 0) is 4.74 Å². The Kier molecular flexibility index (Phi) is 4.49. The molecule has 0 saturated heterocycles. The van der Waals surface area contributed by atoms with Gasteiger partial charge in [-0.1, -0.05) is 0 Å². The standard InChI is InChI=1S/C8H4IN3O8/c1-20-8(13)3-2-4(10(14)15)5(9)7(12(18)19)6(3)11(16)17/h2H,1H3. The van der Waals surface area contributed by atoms with Crippen LogP contribution >= 0.6 is 22.6 Å². The summed E-state index contributed by atoms with van der Waals surface area (Å²) in [6.07, 6.45) is 0. The van der Waals surface area contributed by atoms with Gasteiger partial charge in [0.2, 0.25) is 0 Å². The zero-order valence-corrected chi connectivity index (χ0v) is 11.7. The lowest BCUT2D eigenvalue weighted by molar-refractivity contribution is -0.425. The Hall–Kier alpha value is -2.38. The Morgan fingerprint density at radius 1 is 1.10 bits per heavy atom. The highest BCUT2D eigenvalue weighted by Crippen LogP contribution is 2.40. The second-order valence-electron chi connectivity index (χ2n) is 3.22. The molecule has 0 atom stereocenters. The van der Waals surface area contributed by atoms with E-state index in [-0.39, 0.29) is 0 Å². The highest BCUT2D eigenvalue weighted by atomic mass is 127. The van der Waals surface area contributed by atoms with Crippen molar-refractivity contribution in [2.75, 3.05) is 7.11 Å². The van der Waals surface area contributed by atoms with Crippen LogP contribution in [0.15, 0.2) is 6.07 Å². The maximum absolute atomic E-state index is 11.4. The van der Waals surface area contributed by atoms with Crippen molar-refractivity contribution in [2.24, 2.45) is 0 Å². The summed E-state index contributed by atoms with van der Waals surface area (Å²) in [6.45, 7) is 0. The first-order chi connectivity index (χ1) is 9.22. The van der Waals surface area contributed by atoms with Crippen molar-refractivity contribution < 1.29 is 24.3 Å². The summed E-state index contributed by atoms with van der Waals surface area (Å²) in [6, 6.07) is 0.582. The Morgan fingerprint density at radius 3 is 1.95 bits per heavy atom. The summed E-state index contributed by atoms with van der Waals surface area (Å²) in [5.74, 6) is -1.28. The molecule has 0 aliphatic heterocycles. The molecule has 0 bridgehead atoms. The smallest absolute Gasteiger partial charge is 0.367 e. The molecule has 12 heteroatoms. The SMILES string of the molecule is COC(=O)c1cc([N+](=O)[O-])c(I)c([N+](=O)[O-])c1[N+](=O)[O-]. The van der Waals surface area contributed by atoms with Crippen molar-refractivity contribution in [3.63, 3.8) is 0 Å². The van der Waals surface area contributed by atoms with Gasteiger partial charge in [-0.15, -0.1) is 0 Å². The summed E-state index contributed by atoms with van der Waals surface area (Å²) in [4.78, 5) is 40.8. The second kappa shape index (κ2) is 5.72. The van der Waals surface area contributed by atoms with Gasteiger partial charge in [0.25, 0.3) is 5.69 Å². The van der Waals surface area contributed by atoms with E-state index in [2.05, 4.69) is 4.74 Å². The number of ether oxygens (including phenoxy) is 1. The summed E-state index contributed by atoms with van der Waals surface area (Å²) >= 11 is 1.24. The van der Waals surface area contributed by atoms with Crippen molar-refractivity contribution in [3.8, 4) is 0 Å². The molecule has 11 nitrogen and oxygen atoms in total. The van der Waals surface area contributed by atoms with Crippen molar-refractivity contribution in [3.05, 3.63) is 45.5 Å². The van der Waals surface area contributed by atoms with E-state index in [1.807, 2.05) is 0 Å². The van der Waals surface area contributed by atoms with Gasteiger partial charge in [-0.25, -0.2) is 4.79 Å². The van der Waals surface area contributed by atoms with Gasteiger partial charge in [0, 0.05) is 6.07 Å². The molecule has 0 aliphatic rings. The van der Waals surface area contributed by atoms with Gasteiger partial charge < -0.3 is 4.74 Å².